The Balaban J connectivity index is 1.58. The van der Waals surface area contributed by atoms with Crippen LogP contribution in [0.2, 0.25) is 0 Å². The first-order valence-corrected chi connectivity index (χ1v) is 9.84. The van der Waals surface area contributed by atoms with E-state index in [1.807, 2.05) is 6.20 Å². The number of carbonyl (C=O) groups is 1. The zero-order valence-electron chi connectivity index (χ0n) is 16.8. The Labute approximate surface area is 177 Å². The summed E-state index contributed by atoms with van der Waals surface area (Å²) < 4.78 is 15.1. The van der Waals surface area contributed by atoms with Gasteiger partial charge in [-0.3, -0.25) is 19.5 Å². The van der Waals surface area contributed by atoms with Crippen molar-refractivity contribution in [3.8, 4) is 6.07 Å². The van der Waals surface area contributed by atoms with Crippen LogP contribution in [-0.4, -0.2) is 48.9 Å². The number of nitriles is 1. The van der Waals surface area contributed by atoms with Crippen molar-refractivity contribution in [2.24, 2.45) is 5.73 Å². The number of nitrogens with two attached hydrogens (primary N) is 1. The van der Waals surface area contributed by atoms with Gasteiger partial charge in [0.05, 0.1) is 24.2 Å². The zero-order chi connectivity index (χ0) is 21.8. The van der Waals surface area contributed by atoms with E-state index >= 15 is 0 Å². The lowest BCUT2D eigenvalue weighted by atomic mass is 9.85. The van der Waals surface area contributed by atoms with Crippen LogP contribution in [0.15, 0.2) is 36.9 Å². The molecule has 4 heterocycles. The molecule has 0 unspecified atom stereocenters. The summed E-state index contributed by atoms with van der Waals surface area (Å²) in [5.41, 5.74) is 6.66. The van der Waals surface area contributed by atoms with Crippen LogP contribution in [0.3, 0.4) is 0 Å². The number of carbonyl (C=O) groups excluding carboxylic acids is 1. The third kappa shape index (κ3) is 4.39. The highest BCUT2D eigenvalue weighted by Gasteiger charge is 2.38. The molecule has 0 atom stereocenters. The molecule has 1 aliphatic heterocycles. The third-order valence-corrected chi connectivity index (χ3v) is 5.61. The fourth-order valence-corrected chi connectivity index (χ4v) is 3.89. The first-order valence-electron chi connectivity index (χ1n) is 9.84. The fourth-order valence-electron chi connectivity index (χ4n) is 3.89. The van der Waals surface area contributed by atoms with E-state index in [2.05, 4.69) is 36.6 Å². The molecule has 1 aliphatic rings. The molecule has 4 N–H and O–H groups in total. The number of anilines is 2. The summed E-state index contributed by atoms with van der Waals surface area (Å²) in [7, 11) is 0. The van der Waals surface area contributed by atoms with Gasteiger partial charge in [0.2, 0.25) is 5.95 Å². The Morgan fingerprint density at radius 2 is 2.23 bits per heavy atom. The number of piperidine rings is 1. The highest BCUT2D eigenvalue weighted by atomic mass is 19.1. The van der Waals surface area contributed by atoms with Crippen molar-refractivity contribution in [2.45, 2.75) is 31.3 Å². The smallest absolute Gasteiger partial charge is 0.254 e. The normalized spacial score (nSPS) is 16.0. The number of aromatic nitrogens is 5. The minimum atomic E-state index is -0.659. The number of rotatable bonds is 7. The van der Waals surface area contributed by atoms with Gasteiger partial charge in [-0.2, -0.15) is 19.8 Å². The van der Waals surface area contributed by atoms with Gasteiger partial charge in [-0.15, -0.1) is 0 Å². The van der Waals surface area contributed by atoms with Gasteiger partial charge in [0.15, 0.2) is 5.82 Å². The molecule has 10 nitrogen and oxygen atoms in total. The van der Waals surface area contributed by atoms with Crippen molar-refractivity contribution in [3.63, 3.8) is 0 Å². The molecular formula is C20H22FN9O. The summed E-state index contributed by atoms with van der Waals surface area (Å²) in [6, 6.07) is 5.02. The maximum absolute atomic E-state index is 13.4. The molecule has 4 rings (SSSR count). The number of hydrogen-bond acceptors (Lipinski definition) is 7. The Bertz CT molecular complexity index is 1090. The topological polar surface area (TPSA) is 142 Å². The van der Waals surface area contributed by atoms with Crippen LogP contribution in [0.25, 0.3) is 0 Å². The predicted octanol–water partition coefficient (Wildman–Crippen LogP) is 1.89. The molecule has 0 bridgehead atoms. The molecular weight excluding hydrogens is 401 g/mol. The van der Waals surface area contributed by atoms with Crippen molar-refractivity contribution in [1.29, 1.82) is 5.26 Å². The van der Waals surface area contributed by atoms with Gasteiger partial charge in [0.25, 0.3) is 5.91 Å². The number of H-pyrrole nitrogens is 1. The van der Waals surface area contributed by atoms with Crippen LogP contribution in [-0.2, 0) is 12.1 Å². The Kier molecular flexibility index (Phi) is 5.64. The summed E-state index contributed by atoms with van der Waals surface area (Å²) in [4.78, 5) is 17.8. The molecule has 31 heavy (non-hydrogen) atoms. The molecule has 1 saturated heterocycles. The van der Waals surface area contributed by atoms with Crippen LogP contribution in [0.5, 0.6) is 0 Å². The predicted molar refractivity (Wildman–Crippen MR) is 110 cm³/mol. The second kappa shape index (κ2) is 8.53. The van der Waals surface area contributed by atoms with Gasteiger partial charge in [0, 0.05) is 55.5 Å². The third-order valence-electron chi connectivity index (χ3n) is 5.61. The van der Waals surface area contributed by atoms with Crippen molar-refractivity contribution >= 4 is 17.4 Å². The number of aromatic amines is 1. The van der Waals surface area contributed by atoms with E-state index in [0.717, 1.165) is 25.2 Å². The lowest BCUT2D eigenvalue weighted by Gasteiger charge is -2.40. The van der Waals surface area contributed by atoms with E-state index in [-0.39, 0.29) is 17.8 Å². The lowest BCUT2D eigenvalue weighted by Crippen LogP contribution is -2.46. The van der Waals surface area contributed by atoms with Gasteiger partial charge in [0.1, 0.15) is 5.56 Å². The minimum Gasteiger partial charge on any atom is -0.365 e. The molecule has 0 spiro atoms. The second-order valence-corrected chi connectivity index (χ2v) is 7.63. The number of nitrogens with one attached hydrogen (secondary N) is 2. The van der Waals surface area contributed by atoms with E-state index < -0.39 is 17.4 Å². The SMILES string of the molecule is N#CCC1(n2cc(C(N)=O)c(Nc3ccnc(F)c3)n2)CCN(Cc2cn[nH]c2)CC1. The molecule has 0 aliphatic carbocycles. The number of amides is 1. The number of primary amides is 1. The first kappa shape index (κ1) is 20.5. The fraction of sp³-hybridized carbons (Fsp3) is 0.350. The molecule has 0 saturated carbocycles. The van der Waals surface area contributed by atoms with Crippen molar-refractivity contribution in [3.05, 3.63) is 54.0 Å². The Morgan fingerprint density at radius 1 is 1.42 bits per heavy atom. The molecule has 11 heteroatoms. The monoisotopic (exact) mass is 423 g/mol. The number of pyridine rings is 1. The van der Waals surface area contributed by atoms with Crippen molar-refractivity contribution in [2.75, 3.05) is 18.4 Å². The average Bonchev–Trinajstić information content (AvgIpc) is 3.40. The van der Waals surface area contributed by atoms with E-state index in [1.165, 1.54) is 12.3 Å². The highest BCUT2D eigenvalue weighted by Crippen LogP contribution is 2.35. The quantitative estimate of drug-likeness (QED) is 0.493. The largest absolute Gasteiger partial charge is 0.365 e. The van der Waals surface area contributed by atoms with Gasteiger partial charge in [-0.05, 0) is 18.9 Å². The summed E-state index contributed by atoms with van der Waals surface area (Å²) >= 11 is 0. The molecule has 3 aromatic heterocycles. The zero-order valence-corrected chi connectivity index (χ0v) is 16.8. The first-order chi connectivity index (χ1) is 15.0. The number of halogens is 1. The summed E-state index contributed by atoms with van der Waals surface area (Å²) in [5, 5.41) is 23.8. The summed E-state index contributed by atoms with van der Waals surface area (Å²) in [5.74, 6) is -1.10. The number of nitrogens with zero attached hydrogens (tertiary/aromatic N) is 6. The standard InChI is InChI=1S/C20H22FN9O/c21-17-9-15(1-6-24-17)27-19-16(18(23)31)13-30(28-19)20(2-5-22)3-7-29(8-4-20)12-14-10-25-26-11-14/h1,6,9-11,13H,2-4,7-8,12H2,(H2,23,31)(H,25,26)(H,24,27,28). The second-order valence-electron chi connectivity index (χ2n) is 7.63. The number of likely N-dealkylation sites (tertiary alicyclic amines) is 1. The van der Waals surface area contributed by atoms with Crippen LogP contribution in [0, 0.1) is 17.3 Å². The van der Waals surface area contributed by atoms with E-state index in [9.17, 15) is 14.4 Å². The Hall–Kier alpha value is -3.78. The molecule has 160 valence electrons. The van der Waals surface area contributed by atoms with Crippen LogP contribution >= 0.6 is 0 Å². The Morgan fingerprint density at radius 3 is 2.87 bits per heavy atom. The summed E-state index contributed by atoms with van der Waals surface area (Å²) in [6.45, 7) is 2.29. The minimum absolute atomic E-state index is 0.176. The average molecular weight is 423 g/mol. The van der Waals surface area contributed by atoms with Crippen molar-refractivity contribution < 1.29 is 9.18 Å². The van der Waals surface area contributed by atoms with Gasteiger partial charge in [-0.25, -0.2) is 4.98 Å². The van der Waals surface area contributed by atoms with E-state index in [4.69, 9.17) is 5.73 Å². The molecule has 0 aromatic carbocycles. The maximum atomic E-state index is 13.4. The van der Waals surface area contributed by atoms with Crippen LogP contribution < -0.4 is 11.1 Å². The van der Waals surface area contributed by atoms with Crippen LogP contribution in [0.1, 0.15) is 35.2 Å². The van der Waals surface area contributed by atoms with Gasteiger partial charge < -0.3 is 11.1 Å². The van der Waals surface area contributed by atoms with E-state index in [0.29, 0.717) is 18.5 Å². The lowest BCUT2D eigenvalue weighted by molar-refractivity contribution is 0.0967. The van der Waals surface area contributed by atoms with Gasteiger partial charge >= 0.3 is 0 Å². The van der Waals surface area contributed by atoms with Crippen molar-refractivity contribution in [1.82, 2.24) is 29.9 Å². The summed E-state index contributed by atoms with van der Waals surface area (Å²) in [6.07, 6.45) is 8.16. The molecule has 1 amide bonds. The molecule has 0 radical (unpaired) electrons. The van der Waals surface area contributed by atoms with Crippen LogP contribution in [0.4, 0.5) is 15.9 Å². The highest BCUT2D eigenvalue weighted by molar-refractivity contribution is 5.98. The molecule has 1 fully saturated rings. The molecule has 3 aromatic rings. The maximum Gasteiger partial charge on any atom is 0.254 e. The van der Waals surface area contributed by atoms with E-state index in [1.54, 1.807) is 23.1 Å². The van der Waals surface area contributed by atoms with Gasteiger partial charge in [-0.1, -0.05) is 0 Å². The number of hydrogen-bond donors (Lipinski definition) is 3.